The van der Waals surface area contributed by atoms with Crippen LogP contribution in [0.15, 0.2) is 23.3 Å². The van der Waals surface area contributed by atoms with E-state index in [1.54, 1.807) is 6.92 Å². The highest BCUT2D eigenvalue weighted by atomic mass is 16.4. The second-order valence-corrected chi connectivity index (χ2v) is 2.28. The van der Waals surface area contributed by atoms with E-state index >= 15 is 0 Å². The Morgan fingerprint density at radius 3 is 1.92 bits per heavy atom. The summed E-state index contributed by atoms with van der Waals surface area (Å²) in [5.41, 5.74) is 0.581. The van der Waals surface area contributed by atoms with E-state index in [-0.39, 0.29) is 5.57 Å². The van der Waals surface area contributed by atoms with Gasteiger partial charge in [-0.1, -0.05) is 6.08 Å². The van der Waals surface area contributed by atoms with Gasteiger partial charge in [0.05, 0.1) is 0 Å². The number of carboxylic acids is 2. The minimum Gasteiger partial charge on any atom is -0.478 e. The van der Waals surface area contributed by atoms with Gasteiger partial charge in [-0.2, -0.15) is 0 Å². The third-order valence-corrected chi connectivity index (χ3v) is 1.39. The van der Waals surface area contributed by atoms with E-state index in [2.05, 4.69) is 0 Å². The SMILES string of the molecule is C/C(C=CC(=O)O)=C(/C)C(=O)O. The number of carboxylic acid groups (broad SMARTS) is 2. The summed E-state index contributed by atoms with van der Waals surface area (Å²) in [7, 11) is 0. The normalized spacial score (nSPS) is 12.8. The molecule has 0 aliphatic heterocycles. The molecule has 12 heavy (non-hydrogen) atoms. The van der Waals surface area contributed by atoms with Crippen molar-refractivity contribution in [2.24, 2.45) is 0 Å². The zero-order valence-corrected chi connectivity index (χ0v) is 6.87. The first kappa shape index (κ1) is 10.4. The quantitative estimate of drug-likeness (QED) is 0.490. The van der Waals surface area contributed by atoms with Gasteiger partial charge in [-0.15, -0.1) is 0 Å². The van der Waals surface area contributed by atoms with Crippen LogP contribution in [-0.2, 0) is 9.59 Å². The van der Waals surface area contributed by atoms with Gasteiger partial charge < -0.3 is 10.2 Å². The molecule has 0 fully saturated rings. The van der Waals surface area contributed by atoms with Crippen LogP contribution in [0.2, 0.25) is 0 Å². The molecule has 0 aliphatic rings. The van der Waals surface area contributed by atoms with Gasteiger partial charge in [-0.05, 0) is 19.4 Å². The Bertz CT molecular complexity index is 260. The van der Waals surface area contributed by atoms with Crippen molar-refractivity contribution in [1.29, 1.82) is 0 Å². The summed E-state index contributed by atoms with van der Waals surface area (Å²) in [5.74, 6) is -2.13. The molecule has 0 heterocycles. The van der Waals surface area contributed by atoms with Crippen molar-refractivity contribution in [3.63, 3.8) is 0 Å². The summed E-state index contributed by atoms with van der Waals surface area (Å²) in [6.45, 7) is 2.97. The first-order chi connectivity index (χ1) is 5.45. The van der Waals surface area contributed by atoms with Crippen molar-refractivity contribution >= 4 is 11.9 Å². The molecule has 0 saturated heterocycles. The molecule has 0 rings (SSSR count). The molecule has 66 valence electrons. The third kappa shape index (κ3) is 3.55. The zero-order valence-electron chi connectivity index (χ0n) is 6.87. The van der Waals surface area contributed by atoms with E-state index in [4.69, 9.17) is 10.2 Å². The van der Waals surface area contributed by atoms with E-state index in [0.29, 0.717) is 5.57 Å². The lowest BCUT2D eigenvalue weighted by atomic mass is 10.1. The molecule has 2 N–H and O–H groups in total. The summed E-state index contributed by atoms with van der Waals surface area (Å²) in [4.78, 5) is 20.4. The topological polar surface area (TPSA) is 74.6 Å². The Kier molecular flexibility index (Phi) is 3.76. The highest BCUT2D eigenvalue weighted by molar-refractivity contribution is 5.88. The Hall–Kier alpha value is -1.58. The summed E-state index contributed by atoms with van der Waals surface area (Å²) in [6, 6.07) is 0. The van der Waals surface area contributed by atoms with Gasteiger partial charge in [0.15, 0.2) is 0 Å². The molecule has 0 radical (unpaired) electrons. The molecule has 0 atom stereocenters. The number of carbonyl (C=O) groups is 2. The second-order valence-electron chi connectivity index (χ2n) is 2.28. The van der Waals surface area contributed by atoms with Gasteiger partial charge in [0.1, 0.15) is 0 Å². The average molecular weight is 170 g/mol. The number of allylic oxidation sites excluding steroid dienone is 2. The number of hydrogen-bond donors (Lipinski definition) is 2. The minimum absolute atomic E-state index is 0.146. The summed E-state index contributed by atoms with van der Waals surface area (Å²) in [5, 5.41) is 16.7. The first-order valence-corrected chi connectivity index (χ1v) is 3.27. The van der Waals surface area contributed by atoms with Crippen LogP contribution < -0.4 is 0 Å². The van der Waals surface area contributed by atoms with Crippen LogP contribution in [-0.4, -0.2) is 22.2 Å². The van der Waals surface area contributed by atoms with Gasteiger partial charge >= 0.3 is 11.9 Å². The van der Waals surface area contributed by atoms with Crippen molar-refractivity contribution in [2.45, 2.75) is 13.8 Å². The molecule has 4 nitrogen and oxygen atoms in total. The molecule has 0 amide bonds. The van der Waals surface area contributed by atoms with E-state index in [1.807, 2.05) is 0 Å². The summed E-state index contributed by atoms with van der Waals surface area (Å²) in [6.07, 6.45) is 2.16. The zero-order chi connectivity index (χ0) is 9.72. The fraction of sp³-hybridized carbons (Fsp3) is 0.250. The lowest BCUT2D eigenvalue weighted by Crippen LogP contribution is -1.98. The second kappa shape index (κ2) is 4.33. The maximum atomic E-state index is 10.3. The predicted octanol–water partition coefficient (Wildman–Crippen LogP) is 1.05. The van der Waals surface area contributed by atoms with Crippen LogP contribution in [0.1, 0.15) is 13.8 Å². The number of rotatable bonds is 3. The molecule has 0 bridgehead atoms. The van der Waals surface area contributed by atoms with E-state index in [9.17, 15) is 9.59 Å². The molecular formula is C8H10O4. The number of hydrogen-bond acceptors (Lipinski definition) is 2. The van der Waals surface area contributed by atoms with Crippen molar-refractivity contribution in [1.82, 2.24) is 0 Å². The fourth-order valence-corrected chi connectivity index (χ4v) is 0.490. The summed E-state index contributed by atoms with van der Waals surface area (Å²) >= 11 is 0. The van der Waals surface area contributed by atoms with Crippen molar-refractivity contribution in [2.75, 3.05) is 0 Å². The van der Waals surface area contributed by atoms with E-state index in [1.165, 1.54) is 13.0 Å². The third-order valence-electron chi connectivity index (χ3n) is 1.39. The van der Waals surface area contributed by atoms with Crippen molar-refractivity contribution in [3.8, 4) is 0 Å². The smallest absolute Gasteiger partial charge is 0.331 e. The van der Waals surface area contributed by atoms with Crippen molar-refractivity contribution < 1.29 is 19.8 Å². The van der Waals surface area contributed by atoms with Gasteiger partial charge in [-0.3, -0.25) is 0 Å². The largest absolute Gasteiger partial charge is 0.478 e. The number of aliphatic carboxylic acids is 2. The molecule has 0 saturated carbocycles. The highest BCUT2D eigenvalue weighted by Crippen LogP contribution is 2.04. The first-order valence-electron chi connectivity index (χ1n) is 3.27. The molecule has 0 aliphatic carbocycles. The van der Waals surface area contributed by atoms with Gasteiger partial charge in [0.25, 0.3) is 0 Å². The highest BCUT2D eigenvalue weighted by Gasteiger charge is 2.02. The van der Waals surface area contributed by atoms with Crippen LogP contribution in [0, 0.1) is 0 Å². The summed E-state index contributed by atoms with van der Waals surface area (Å²) < 4.78 is 0. The molecule has 0 aromatic carbocycles. The molecule has 4 heteroatoms. The Balaban J connectivity index is 4.58. The van der Waals surface area contributed by atoms with E-state index < -0.39 is 11.9 Å². The van der Waals surface area contributed by atoms with E-state index in [0.717, 1.165) is 6.08 Å². The van der Waals surface area contributed by atoms with Gasteiger partial charge in [0.2, 0.25) is 0 Å². The lowest BCUT2D eigenvalue weighted by Gasteiger charge is -1.95. The molecular weight excluding hydrogens is 160 g/mol. The molecule has 0 aromatic heterocycles. The Labute approximate surface area is 69.8 Å². The predicted molar refractivity (Wildman–Crippen MR) is 42.8 cm³/mol. The van der Waals surface area contributed by atoms with Crippen LogP contribution in [0.3, 0.4) is 0 Å². The molecule has 0 unspecified atom stereocenters. The van der Waals surface area contributed by atoms with Gasteiger partial charge in [-0.25, -0.2) is 9.59 Å². The lowest BCUT2D eigenvalue weighted by molar-refractivity contribution is -0.133. The Morgan fingerprint density at radius 1 is 1.08 bits per heavy atom. The minimum atomic E-state index is -1.09. The monoisotopic (exact) mass is 170 g/mol. The van der Waals surface area contributed by atoms with Crippen LogP contribution >= 0.6 is 0 Å². The van der Waals surface area contributed by atoms with Crippen LogP contribution in [0.25, 0.3) is 0 Å². The molecule has 0 aromatic rings. The van der Waals surface area contributed by atoms with Crippen molar-refractivity contribution in [3.05, 3.63) is 23.3 Å². The maximum Gasteiger partial charge on any atom is 0.331 e. The van der Waals surface area contributed by atoms with Crippen LogP contribution in [0.5, 0.6) is 0 Å². The fourth-order valence-electron chi connectivity index (χ4n) is 0.490. The standard InChI is InChI=1S/C8H10O4/c1-5(3-4-7(9)10)6(2)8(11)12/h3-4H,1-2H3,(H,9,10)(H,11,12)/b4-3?,6-5+. The van der Waals surface area contributed by atoms with Crippen LogP contribution in [0.4, 0.5) is 0 Å². The molecule has 0 spiro atoms. The maximum absolute atomic E-state index is 10.3. The Morgan fingerprint density at radius 2 is 1.58 bits per heavy atom. The average Bonchev–Trinajstić information content (AvgIpc) is 1.98. The van der Waals surface area contributed by atoms with Gasteiger partial charge in [0, 0.05) is 11.6 Å².